The second-order valence-corrected chi connectivity index (χ2v) is 10.6. The lowest BCUT2D eigenvalue weighted by Gasteiger charge is -2.32. The molecule has 0 aromatic heterocycles. The van der Waals surface area contributed by atoms with E-state index in [-0.39, 0.29) is 18.1 Å². The summed E-state index contributed by atoms with van der Waals surface area (Å²) in [4.78, 5) is 27.4. The molecule has 0 aliphatic rings. The molecule has 11 heteroatoms. The minimum absolute atomic E-state index is 0.0782. The minimum Gasteiger partial charge on any atom is -0.354 e. The number of sulfonamides is 1. The van der Waals surface area contributed by atoms with Crippen LogP contribution >= 0.6 is 34.8 Å². The molecule has 0 bridgehead atoms. The zero-order chi connectivity index (χ0) is 24.8. The van der Waals surface area contributed by atoms with Gasteiger partial charge in [0.15, 0.2) is 0 Å². The number of benzene rings is 2. The highest BCUT2D eigenvalue weighted by molar-refractivity contribution is 7.92. The van der Waals surface area contributed by atoms with Crippen molar-refractivity contribution >= 4 is 62.3 Å². The summed E-state index contributed by atoms with van der Waals surface area (Å²) < 4.78 is 26.0. The van der Waals surface area contributed by atoms with Crippen LogP contribution in [0.5, 0.6) is 0 Å². The molecule has 7 nitrogen and oxygen atoms in total. The summed E-state index contributed by atoms with van der Waals surface area (Å²) in [5.41, 5.74) is 0.690. The Bertz CT molecular complexity index is 1090. The lowest BCUT2D eigenvalue weighted by atomic mass is 10.1. The number of nitrogens with one attached hydrogen (secondary N) is 1. The third-order valence-corrected chi connectivity index (χ3v) is 6.97. The average Bonchev–Trinajstić information content (AvgIpc) is 2.74. The van der Waals surface area contributed by atoms with Crippen molar-refractivity contribution < 1.29 is 18.0 Å². The van der Waals surface area contributed by atoms with Gasteiger partial charge in [0.25, 0.3) is 0 Å². The first-order valence-corrected chi connectivity index (χ1v) is 13.2. The first-order chi connectivity index (χ1) is 15.5. The van der Waals surface area contributed by atoms with Gasteiger partial charge in [0.05, 0.1) is 11.9 Å². The summed E-state index contributed by atoms with van der Waals surface area (Å²) in [6.45, 7) is 3.30. The van der Waals surface area contributed by atoms with Gasteiger partial charge in [0.1, 0.15) is 12.6 Å². The van der Waals surface area contributed by atoms with Crippen molar-refractivity contribution in [2.24, 2.45) is 0 Å². The van der Waals surface area contributed by atoms with Crippen molar-refractivity contribution in [3.05, 3.63) is 63.1 Å². The third kappa shape index (κ3) is 7.50. The molecule has 2 aromatic carbocycles. The van der Waals surface area contributed by atoms with Crippen LogP contribution in [0.25, 0.3) is 0 Å². The fourth-order valence-corrected chi connectivity index (χ4v) is 4.62. The average molecular weight is 535 g/mol. The Morgan fingerprint density at radius 3 is 2.21 bits per heavy atom. The van der Waals surface area contributed by atoms with Crippen LogP contribution in [0.3, 0.4) is 0 Å². The zero-order valence-electron chi connectivity index (χ0n) is 18.5. The van der Waals surface area contributed by atoms with E-state index in [0.717, 1.165) is 17.0 Å². The summed E-state index contributed by atoms with van der Waals surface area (Å²) in [5, 5.41) is 3.74. The lowest BCUT2D eigenvalue weighted by molar-refractivity contribution is -0.139. The molecule has 2 aromatic rings. The van der Waals surface area contributed by atoms with E-state index in [9.17, 15) is 18.0 Å². The van der Waals surface area contributed by atoms with E-state index in [1.165, 1.54) is 17.0 Å². The van der Waals surface area contributed by atoms with Gasteiger partial charge in [-0.15, -0.1) is 0 Å². The summed E-state index contributed by atoms with van der Waals surface area (Å²) >= 11 is 18.6. The highest BCUT2D eigenvalue weighted by Gasteiger charge is 2.30. The molecule has 0 radical (unpaired) electrons. The van der Waals surface area contributed by atoms with E-state index in [1.807, 2.05) is 6.92 Å². The summed E-state index contributed by atoms with van der Waals surface area (Å²) in [5.74, 6) is -0.974. The Morgan fingerprint density at radius 2 is 1.67 bits per heavy atom. The molecule has 0 fully saturated rings. The standard InChI is InChI=1S/C22H26Cl3N3O4S/c1-4-11-26-22(30)15(2)27(13-18-19(24)9-6-10-20(18)25)21(29)14-28(33(3,31)32)17-8-5-7-16(23)12-17/h5-10,12,15H,4,11,13-14H2,1-3H3,(H,26,30)/t15-/m0/s1. The topological polar surface area (TPSA) is 86.8 Å². The van der Waals surface area contributed by atoms with Gasteiger partial charge in [-0.3, -0.25) is 13.9 Å². The summed E-state index contributed by atoms with van der Waals surface area (Å²) in [7, 11) is -3.84. The summed E-state index contributed by atoms with van der Waals surface area (Å²) in [6.07, 6.45) is 1.72. The molecule has 0 aliphatic carbocycles. The normalized spacial score (nSPS) is 12.2. The first-order valence-electron chi connectivity index (χ1n) is 10.2. The SMILES string of the molecule is CCCNC(=O)[C@H](C)N(Cc1c(Cl)cccc1Cl)C(=O)CN(c1cccc(Cl)c1)S(C)(=O)=O. The van der Waals surface area contributed by atoms with E-state index >= 15 is 0 Å². The van der Waals surface area contributed by atoms with Gasteiger partial charge in [-0.1, -0.05) is 53.9 Å². The Balaban J connectivity index is 2.43. The number of halogens is 3. The van der Waals surface area contributed by atoms with Gasteiger partial charge in [0.2, 0.25) is 21.8 Å². The molecule has 2 rings (SSSR count). The number of hydrogen-bond acceptors (Lipinski definition) is 4. The second-order valence-electron chi connectivity index (χ2n) is 7.44. The van der Waals surface area contributed by atoms with Crippen LogP contribution in [-0.4, -0.2) is 50.5 Å². The number of rotatable bonds is 10. The smallest absolute Gasteiger partial charge is 0.244 e. The molecule has 0 saturated carbocycles. The molecule has 0 unspecified atom stereocenters. The van der Waals surface area contributed by atoms with Crippen molar-refractivity contribution in [3.63, 3.8) is 0 Å². The van der Waals surface area contributed by atoms with E-state index in [0.29, 0.717) is 27.2 Å². The molecule has 0 spiro atoms. The maximum Gasteiger partial charge on any atom is 0.244 e. The monoisotopic (exact) mass is 533 g/mol. The van der Waals surface area contributed by atoms with E-state index in [4.69, 9.17) is 34.8 Å². The number of hydrogen-bond donors (Lipinski definition) is 1. The molecular formula is C22H26Cl3N3O4S. The predicted octanol–water partition coefficient (Wildman–Crippen LogP) is 4.36. The van der Waals surface area contributed by atoms with Crippen molar-refractivity contribution in [1.82, 2.24) is 10.2 Å². The van der Waals surface area contributed by atoms with Crippen molar-refractivity contribution in [3.8, 4) is 0 Å². The Labute approximate surface area is 209 Å². The van der Waals surface area contributed by atoms with Crippen LogP contribution < -0.4 is 9.62 Å². The van der Waals surface area contributed by atoms with E-state index in [1.54, 1.807) is 37.3 Å². The molecule has 2 amide bonds. The largest absolute Gasteiger partial charge is 0.354 e. The Morgan fingerprint density at radius 1 is 1.06 bits per heavy atom. The second kappa shape index (κ2) is 11.9. The fourth-order valence-electron chi connectivity index (χ4n) is 3.08. The predicted molar refractivity (Wildman–Crippen MR) is 133 cm³/mol. The zero-order valence-corrected chi connectivity index (χ0v) is 21.6. The van der Waals surface area contributed by atoms with Crippen molar-refractivity contribution in [2.45, 2.75) is 32.9 Å². The number of nitrogens with zero attached hydrogens (tertiary/aromatic N) is 2. The molecule has 1 atom stereocenters. The quantitative estimate of drug-likeness (QED) is 0.491. The lowest BCUT2D eigenvalue weighted by Crippen LogP contribution is -2.51. The summed E-state index contributed by atoms with van der Waals surface area (Å²) in [6, 6.07) is 10.2. The molecule has 0 saturated heterocycles. The Kier molecular flexibility index (Phi) is 9.84. The van der Waals surface area contributed by atoms with Crippen molar-refractivity contribution in [1.29, 1.82) is 0 Å². The number of amides is 2. The molecule has 1 N–H and O–H groups in total. The van der Waals surface area contributed by atoms with Gasteiger partial charge in [-0.2, -0.15) is 0 Å². The van der Waals surface area contributed by atoms with Crippen LogP contribution in [0, 0.1) is 0 Å². The van der Waals surface area contributed by atoms with Gasteiger partial charge in [-0.05, 0) is 43.7 Å². The van der Waals surface area contributed by atoms with Crippen LogP contribution in [0.1, 0.15) is 25.8 Å². The maximum atomic E-state index is 13.4. The number of carbonyl (C=O) groups excluding carboxylic acids is 2. The van der Waals surface area contributed by atoms with Gasteiger partial charge < -0.3 is 10.2 Å². The molecule has 33 heavy (non-hydrogen) atoms. The highest BCUT2D eigenvalue weighted by atomic mass is 35.5. The third-order valence-electron chi connectivity index (χ3n) is 4.88. The number of carbonyl (C=O) groups is 2. The fraction of sp³-hybridized carbons (Fsp3) is 0.364. The molecule has 0 aliphatic heterocycles. The molecule has 180 valence electrons. The van der Waals surface area contributed by atoms with Crippen LogP contribution in [0.2, 0.25) is 15.1 Å². The van der Waals surface area contributed by atoms with Crippen molar-refractivity contribution in [2.75, 3.05) is 23.7 Å². The van der Waals surface area contributed by atoms with Gasteiger partial charge in [-0.25, -0.2) is 8.42 Å². The van der Waals surface area contributed by atoms with E-state index < -0.39 is 28.5 Å². The van der Waals surface area contributed by atoms with Gasteiger partial charge >= 0.3 is 0 Å². The van der Waals surface area contributed by atoms with Crippen LogP contribution in [0.15, 0.2) is 42.5 Å². The minimum atomic E-state index is -3.84. The van der Waals surface area contributed by atoms with E-state index in [2.05, 4.69) is 5.32 Å². The maximum absolute atomic E-state index is 13.4. The first kappa shape index (κ1) is 27.2. The molecule has 0 heterocycles. The van der Waals surface area contributed by atoms with Gasteiger partial charge in [0, 0.05) is 33.7 Å². The van der Waals surface area contributed by atoms with Crippen LogP contribution in [0.4, 0.5) is 5.69 Å². The van der Waals surface area contributed by atoms with Crippen LogP contribution in [-0.2, 0) is 26.2 Å². The number of anilines is 1. The Hall–Kier alpha value is -2.00. The highest BCUT2D eigenvalue weighted by Crippen LogP contribution is 2.27. The molecular weight excluding hydrogens is 509 g/mol.